The van der Waals surface area contributed by atoms with Crippen LogP contribution in [0.3, 0.4) is 0 Å². The van der Waals surface area contributed by atoms with Gasteiger partial charge in [0, 0.05) is 12.1 Å². The van der Waals surface area contributed by atoms with Gasteiger partial charge < -0.3 is 14.5 Å². The number of amides is 1. The van der Waals surface area contributed by atoms with Gasteiger partial charge in [-0.3, -0.25) is 4.79 Å². The Balaban J connectivity index is 2.16. The highest BCUT2D eigenvalue weighted by Gasteiger charge is 2.52. The maximum atomic E-state index is 13.3. The van der Waals surface area contributed by atoms with Crippen molar-refractivity contribution in [1.29, 1.82) is 0 Å². The van der Waals surface area contributed by atoms with Crippen LogP contribution in [-0.4, -0.2) is 44.1 Å². The largest absolute Gasteiger partial charge is 0.496 e. The standard InChI is InChI=1S/C18H26N2O2/c1-12(2)20-15-11-16(22-5)13(3)10-14(15)18(17(20)21)6-8-19(4)9-7-18/h10-12H,6-9H2,1-5H3. The number of carbonyl (C=O) groups excluding carboxylic acids is 1. The molecular formula is C18H26N2O2. The second-order valence-corrected chi connectivity index (χ2v) is 6.99. The summed E-state index contributed by atoms with van der Waals surface area (Å²) in [5.41, 5.74) is 3.03. The lowest BCUT2D eigenvalue weighted by Crippen LogP contribution is -2.49. The molecule has 0 aliphatic carbocycles. The number of rotatable bonds is 2. The average molecular weight is 302 g/mol. The van der Waals surface area contributed by atoms with Crippen LogP contribution in [0.25, 0.3) is 0 Å². The Labute approximate surface area is 133 Å². The van der Waals surface area contributed by atoms with E-state index in [9.17, 15) is 4.79 Å². The minimum Gasteiger partial charge on any atom is -0.496 e. The summed E-state index contributed by atoms with van der Waals surface area (Å²) in [6, 6.07) is 4.40. The molecule has 0 N–H and O–H groups in total. The zero-order chi connectivity index (χ0) is 16.1. The van der Waals surface area contributed by atoms with Crippen LogP contribution in [0.1, 0.15) is 37.8 Å². The molecule has 0 unspecified atom stereocenters. The van der Waals surface area contributed by atoms with Gasteiger partial charge in [-0.25, -0.2) is 0 Å². The molecule has 4 heteroatoms. The van der Waals surface area contributed by atoms with Crippen molar-refractivity contribution in [3.05, 3.63) is 23.3 Å². The smallest absolute Gasteiger partial charge is 0.238 e. The number of fused-ring (bicyclic) bond motifs is 2. The molecule has 2 aliphatic rings. The van der Waals surface area contributed by atoms with Gasteiger partial charge in [-0.05, 0) is 70.9 Å². The van der Waals surface area contributed by atoms with E-state index in [0.29, 0.717) is 0 Å². The lowest BCUT2D eigenvalue weighted by molar-refractivity contribution is -0.125. The Bertz CT molecular complexity index is 601. The molecule has 2 aliphatic heterocycles. The molecule has 3 rings (SSSR count). The number of hydrogen-bond donors (Lipinski definition) is 0. The van der Waals surface area contributed by atoms with Gasteiger partial charge in [0.05, 0.1) is 18.2 Å². The summed E-state index contributed by atoms with van der Waals surface area (Å²) in [5.74, 6) is 1.14. The van der Waals surface area contributed by atoms with Crippen molar-refractivity contribution < 1.29 is 9.53 Å². The van der Waals surface area contributed by atoms with E-state index in [1.165, 1.54) is 5.56 Å². The summed E-state index contributed by atoms with van der Waals surface area (Å²) in [4.78, 5) is 17.6. The molecule has 0 saturated carbocycles. The van der Waals surface area contributed by atoms with E-state index in [1.807, 2.05) is 4.90 Å². The third-order valence-corrected chi connectivity index (χ3v) is 5.27. The quantitative estimate of drug-likeness (QED) is 0.842. The molecule has 1 fully saturated rings. The molecule has 1 aromatic rings. The van der Waals surface area contributed by atoms with E-state index < -0.39 is 0 Å². The highest BCUT2D eigenvalue weighted by atomic mass is 16.5. The SMILES string of the molecule is COc1cc2c(cc1C)C1(CCN(C)CC1)C(=O)N2C(C)C. The molecule has 1 saturated heterocycles. The number of carbonyl (C=O) groups is 1. The summed E-state index contributed by atoms with van der Waals surface area (Å²) in [5, 5.41) is 0. The van der Waals surface area contributed by atoms with E-state index in [1.54, 1.807) is 7.11 Å². The number of ether oxygens (including phenoxy) is 1. The van der Waals surface area contributed by atoms with E-state index in [4.69, 9.17) is 4.74 Å². The third-order valence-electron chi connectivity index (χ3n) is 5.27. The van der Waals surface area contributed by atoms with Crippen molar-refractivity contribution in [2.24, 2.45) is 0 Å². The molecule has 120 valence electrons. The maximum Gasteiger partial charge on any atom is 0.238 e. The molecule has 1 aromatic carbocycles. The first-order valence-corrected chi connectivity index (χ1v) is 8.12. The number of anilines is 1. The molecule has 0 aromatic heterocycles. The molecule has 0 bridgehead atoms. The normalized spacial score (nSPS) is 20.8. The van der Waals surface area contributed by atoms with Crippen LogP contribution < -0.4 is 9.64 Å². The van der Waals surface area contributed by atoms with E-state index in [-0.39, 0.29) is 17.4 Å². The fraction of sp³-hybridized carbons (Fsp3) is 0.611. The summed E-state index contributed by atoms with van der Waals surface area (Å²) < 4.78 is 5.48. The van der Waals surface area contributed by atoms with Crippen LogP contribution in [0.2, 0.25) is 0 Å². The van der Waals surface area contributed by atoms with Crippen LogP contribution in [0.15, 0.2) is 12.1 Å². The number of nitrogens with zero attached hydrogens (tertiary/aromatic N) is 2. The van der Waals surface area contributed by atoms with Crippen molar-refractivity contribution in [1.82, 2.24) is 4.90 Å². The zero-order valence-electron chi connectivity index (χ0n) is 14.3. The molecule has 0 radical (unpaired) electrons. The Morgan fingerprint density at radius 1 is 1.23 bits per heavy atom. The van der Waals surface area contributed by atoms with Crippen LogP contribution in [0, 0.1) is 6.92 Å². The van der Waals surface area contributed by atoms with E-state index >= 15 is 0 Å². The van der Waals surface area contributed by atoms with Gasteiger partial charge in [0.1, 0.15) is 5.75 Å². The van der Waals surface area contributed by atoms with Gasteiger partial charge in [-0.1, -0.05) is 0 Å². The van der Waals surface area contributed by atoms with Crippen LogP contribution in [-0.2, 0) is 10.2 Å². The molecule has 1 spiro atoms. The molecule has 4 nitrogen and oxygen atoms in total. The summed E-state index contributed by atoms with van der Waals surface area (Å²) in [7, 11) is 3.82. The van der Waals surface area contributed by atoms with Crippen LogP contribution in [0.4, 0.5) is 5.69 Å². The molecule has 22 heavy (non-hydrogen) atoms. The predicted octanol–water partition coefficient (Wildman–Crippen LogP) is 2.72. The molecular weight excluding hydrogens is 276 g/mol. The summed E-state index contributed by atoms with van der Waals surface area (Å²) in [6.07, 6.45) is 1.81. The Morgan fingerprint density at radius 2 is 1.86 bits per heavy atom. The van der Waals surface area contributed by atoms with E-state index in [2.05, 4.69) is 44.9 Å². The number of piperidine rings is 1. The van der Waals surface area contributed by atoms with Crippen molar-refractivity contribution in [2.45, 2.75) is 45.1 Å². The topological polar surface area (TPSA) is 32.8 Å². The number of hydrogen-bond acceptors (Lipinski definition) is 3. The highest BCUT2D eigenvalue weighted by Crippen LogP contribution is 2.50. The Kier molecular flexibility index (Phi) is 3.68. The second kappa shape index (κ2) is 5.27. The molecule has 0 atom stereocenters. The first kappa shape index (κ1) is 15.3. The van der Waals surface area contributed by atoms with Crippen LogP contribution >= 0.6 is 0 Å². The molecule has 2 heterocycles. The van der Waals surface area contributed by atoms with Crippen molar-refractivity contribution in [3.8, 4) is 5.75 Å². The fourth-order valence-corrected chi connectivity index (χ4v) is 3.93. The Hall–Kier alpha value is -1.55. The fourth-order valence-electron chi connectivity index (χ4n) is 3.93. The number of benzene rings is 1. The van der Waals surface area contributed by atoms with Crippen LogP contribution in [0.5, 0.6) is 5.75 Å². The maximum absolute atomic E-state index is 13.3. The first-order chi connectivity index (χ1) is 10.4. The van der Waals surface area contributed by atoms with Gasteiger partial charge >= 0.3 is 0 Å². The Morgan fingerprint density at radius 3 is 2.41 bits per heavy atom. The lowest BCUT2D eigenvalue weighted by Gasteiger charge is -2.37. The minimum absolute atomic E-state index is 0.165. The van der Waals surface area contributed by atoms with Gasteiger partial charge in [0.25, 0.3) is 0 Å². The third kappa shape index (κ3) is 2.04. The highest BCUT2D eigenvalue weighted by molar-refractivity contribution is 6.09. The lowest BCUT2D eigenvalue weighted by atomic mass is 9.73. The van der Waals surface area contributed by atoms with Gasteiger partial charge in [-0.2, -0.15) is 0 Å². The number of methoxy groups -OCH3 is 1. The summed E-state index contributed by atoms with van der Waals surface area (Å²) >= 11 is 0. The van der Waals surface area contributed by atoms with Crippen molar-refractivity contribution >= 4 is 11.6 Å². The zero-order valence-corrected chi connectivity index (χ0v) is 14.3. The van der Waals surface area contributed by atoms with Crippen molar-refractivity contribution in [3.63, 3.8) is 0 Å². The van der Waals surface area contributed by atoms with Crippen molar-refractivity contribution in [2.75, 3.05) is 32.1 Å². The monoisotopic (exact) mass is 302 g/mol. The predicted molar refractivity (Wildman–Crippen MR) is 88.8 cm³/mol. The van der Waals surface area contributed by atoms with E-state index in [0.717, 1.165) is 42.9 Å². The summed E-state index contributed by atoms with van der Waals surface area (Å²) in [6.45, 7) is 8.18. The van der Waals surface area contributed by atoms with Gasteiger partial charge in [-0.15, -0.1) is 0 Å². The first-order valence-electron chi connectivity index (χ1n) is 8.12. The van der Waals surface area contributed by atoms with Gasteiger partial charge in [0.15, 0.2) is 0 Å². The second-order valence-electron chi connectivity index (χ2n) is 6.99. The number of aryl methyl sites for hydroxylation is 1. The average Bonchev–Trinajstić information content (AvgIpc) is 2.70. The molecule has 1 amide bonds. The number of likely N-dealkylation sites (tertiary alicyclic amines) is 1. The van der Waals surface area contributed by atoms with Gasteiger partial charge in [0.2, 0.25) is 5.91 Å². The minimum atomic E-state index is -0.330.